The summed E-state index contributed by atoms with van der Waals surface area (Å²) in [5.41, 5.74) is 0.831. The van der Waals surface area contributed by atoms with E-state index >= 15 is 4.39 Å². The van der Waals surface area contributed by atoms with E-state index in [4.69, 9.17) is 25.5 Å². The molecule has 2 aromatic carbocycles. The highest BCUT2D eigenvalue weighted by atomic mass is 35.5. The van der Waals surface area contributed by atoms with Crippen LogP contribution in [0, 0.1) is 5.82 Å². The second kappa shape index (κ2) is 10.9. The van der Waals surface area contributed by atoms with Crippen molar-refractivity contribution in [3.05, 3.63) is 69.4 Å². The highest BCUT2D eigenvalue weighted by molar-refractivity contribution is 7.15. The fourth-order valence-electron chi connectivity index (χ4n) is 5.58. The Bertz CT molecular complexity index is 1510. The van der Waals surface area contributed by atoms with Crippen LogP contribution in [0.2, 0.25) is 23.2 Å². The molecule has 11 heteroatoms. The number of rotatable bonds is 8. The van der Waals surface area contributed by atoms with Gasteiger partial charge in [-0.05, 0) is 67.2 Å². The first-order valence-corrected chi connectivity index (χ1v) is 18.5. The number of thiazole rings is 1. The smallest absolute Gasteiger partial charge is 0.236 e. The van der Waals surface area contributed by atoms with Gasteiger partial charge >= 0.3 is 0 Å². The molecule has 224 valence electrons. The van der Waals surface area contributed by atoms with E-state index in [1.165, 1.54) is 17.4 Å². The molecule has 3 aromatic rings. The van der Waals surface area contributed by atoms with E-state index in [0.717, 1.165) is 36.2 Å². The van der Waals surface area contributed by atoms with Crippen LogP contribution in [-0.2, 0) is 14.6 Å². The summed E-state index contributed by atoms with van der Waals surface area (Å²) in [7, 11) is -1.96. The molecule has 7 nitrogen and oxygen atoms in total. The number of likely N-dealkylation sites (tertiary alicyclic amines) is 1. The number of nitrogens with one attached hydrogen (secondary N) is 1. The summed E-state index contributed by atoms with van der Waals surface area (Å²) < 4.78 is 33.1. The van der Waals surface area contributed by atoms with E-state index < -0.39 is 13.7 Å². The van der Waals surface area contributed by atoms with Crippen molar-refractivity contribution in [1.82, 2.24) is 9.88 Å². The molecular weight excluding hydrogens is 593 g/mol. The second-order valence-electron chi connectivity index (χ2n) is 13.0. The summed E-state index contributed by atoms with van der Waals surface area (Å²) in [6, 6.07) is 10.1. The SMILES string of the molecule is CC(C)(C)[Si](C)(C)OC1CCN(C(c2cnc(NC(=O)C3(c4ccc5c(c4)OCO5)CC3)s2)c2ccc(Cl)cc2F)C1. The first-order chi connectivity index (χ1) is 19.9. The van der Waals surface area contributed by atoms with Gasteiger partial charge in [-0.2, -0.15) is 0 Å². The van der Waals surface area contributed by atoms with E-state index in [-0.39, 0.29) is 35.7 Å². The molecule has 2 fully saturated rings. The number of aromatic nitrogens is 1. The molecule has 6 rings (SSSR count). The highest BCUT2D eigenvalue weighted by Gasteiger charge is 2.52. The fraction of sp³-hybridized carbons (Fsp3) is 0.484. The molecule has 2 atom stereocenters. The molecular formula is C31H37ClFN3O4SSi. The van der Waals surface area contributed by atoms with Gasteiger partial charge in [-0.15, -0.1) is 0 Å². The third kappa shape index (κ3) is 5.59. The number of amides is 1. The maximum Gasteiger partial charge on any atom is 0.236 e. The Hall–Kier alpha value is -2.50. The average molecular weight is 630 g/mol. The summed E-state index contributed by atoms with van der Waals surface area (Å²) in [5.74, 6) is 0.900. The monoisotopic (exact) mass is 629 g/mol. The first kappa shape index (κ1) is 29.6. The van der Waals surface area contributed by atoms with E-state index in [9.17, 15) is 4.79 Å². The molecule has 0 spiro atoms. The maximum atomic E-state index is 15.4. The van der Waals surface area contributed by atoms with E-state index in [0.29, 0.717) is 33.8 Å². The lowest BCUT2D eigenvalue weighted by Gasteiger charge is -2.38. The largest absolute Gasteiger partial charge is 0.454 e. The molecule has 42 heavy (non-hydrogen) atoms. The van der Waals surface area contributed by atoms with Crippen LogP contribution in [0.1, 0.15) is 62.1 Å². The van der Waals surface area contributed by atoms with Gasteiger partial charge in [-0.3, -0.25) is 9.69 Å². The standard InChI is InChI=1S/C31H37ClFN3O4SSi/c1-30(2,3)42(4,5)40-21-10-13-36(17-21)27(22-8-7-20(32)15-23(22)33)26-16-34-29(41-26)35-28(37)31(11-12-31)19-6-9-24-25(14-19)39-18-38-24/h6-9,14-16,21,27H,10-13,17-18H2,1-5H3,(H,34,35,37). The van der Waals surface area contributed by atoms with Crippen molar-refractivity contribution in [3.63, 3.8) is 0 Å². The summed E-state index contributed by atoms with van der Waals surface area (Å²) >= 11 is 7.50. The number of halogens is 2. The number of carbonyl (C=O) groups excluding carboxylic acids is 1. The van der Waals surface area contributed by atoms with Gasteiger partial charge in [0.25, 0.3) is 0 Å². The zero-order chi connectivity index (χ0) is 29.9. The minimum absolute atomic E-state index is 0.0762. The van der Waals surface area contributed by atoms with Crippen molar-refractivity contribution < 1.29 is 23.1 Å². The van der Waals surface area contributed by atoms with Crippen molar-refractivity contribution >= 4 is 42.3 Å². The lowest BCUT2D eigenvalue weighted by molar-refractivity contribution is -0.118. The van der Waals surface area contributed by atoms with Crippen molar-refractivity contribution in [2.24, 2.45) is 0 Å². The van der Waals surface area contributed by atoms with Gasteiger partial charge in [0, 0.05) is 34.7 Å². The normalized spacial score (nSPS) is 20.5. The van der Waals surface area contributed by atoms with Crippen LogP contribution in [0.5, 0.6) is 11.5 Å². The maximum absolute atomic E-state index is 15.4. The Kier molecular flexibility index (Phi) is 7.67. The third-order valence-electron chi connectivity index (χ3n) is 9.19. The van der Waals surface area contributed by atoms with Gasteiger partial charge < -0.3 is 19.2 Å². The number of anilines is 1. The number of hydrogen-bond donors (Lipinski definition) is 1. The van der Waals surface area contributed by atoms with E-state index in [1.807, 2.05) is 18.2 Å². The van der Waals surface area contributed by atoms with Crippen molar-refractivity contribution in [3.8, 4) is 11.5 Å². The van der Waals surface area contributed by atoms with Crippen LogP contribution in [0.3, 0.4) is 0 Å². The van der Waals surface area contributed by atoms with Gasteiger partial charge in [-0.25, -0.2) is 9.37 Å². The molecule has 1 aromatic heterocycles. The minimum atomic E-state index is -1.96. The number of nitrogens with zero attached hydrogens (tertiary/aromatic N) is 2. The van der Waals surface area contributed by atoms with Crippen LogP contribution < -0.4 is 14.8 Å². The Balaban J connectivity index is 1.23. The Morgan fingerprint density at radius 3 is 2.69 bits per heavy atom. The zero-order valence-electron chi connectivity index (χ0n) is 24.6. The van der Waals surface area contributed by atoms with Crippen LogP contribution in [0.15, 0.2) is 42.6 Å². The van der Waals surface area contributed by atoms with Crippen LogP contribution >= 0.6 is 22.9 Å². The molecule has 2 unspecified atom stereocenters. The molecule has 3 heterocycles. The number of hydrogen-bond acceptors (Lipinski definition) is 7. The quantitative estimate of drug-likeness (QED) is 0.260. The summed E-state index contributed by atoms with van der Waals surface area (Å²) in [5, 5.41) is 4.00. The molecule has 3 aliphatic rings. The summed E-state index contributed by atoms with van der Waals surface area (Å²) in [4.78, 5) is 21.2. The van der Waals surface area contributed by atoms with E-state index in [1.54, 1.807) is 18.3 Å². The Morgan fingerprint density at radius 2 is 1.98 bits per heavy atom. The van der Waals surface area contributed by atoms with Gasteiger partial charge in [-0.1, -0.05) is 55.8 Å². The van der Waals surface area contributed by atoms with E-state index in [2.05, 4.69) is 49.1 Å². The first-order valence-electron chi connectivity index (χ1n) is 14.4. The minimum Gasteiger partial charge on any atom is -0.454 e. The van der Waals surface area contributed by atoms with Gasteiger partial charge in [0.15, 0.2) is 24.9 Å². The highest BCUT2D eigenvalue weighted by Crippen LogP contribution is 2.51. The molecule has 1 saturated carbocycles. The van der Waals surface area contributed by atoms with Gasteiger partial charge in [0.1, 0.15) is 5.82 Å². The van der Waals surface area contributed by atoms with Gasteiger partial charge in [0.2, 0.25) is 12.7 Å². The summed E-state index contributed by atoms with van der Waals surface area (Å²) in [6.45, 7) is 12.9. The molecule has 1 aliphatic carbocycles. The summed E-state index contributed by atoms with van der Waals surface area (Å²) in [6.07, 6.45) is 4.20. The molecule has 1 N–H and O–H groups in total. The lowest BCUT2D eigenvalue weighted by atomic mass is 9.94. The van der Waals surface area contributed by atoms with Crippen molar-refractivity contribution in [1.29, 1.82) is 0 Å². The number of fused-ring (bicyclic) bond motifs is 1. The number of ether oxygens (including phenoxy) is 2. The van der Waals surface area contributed by atoms with Gasteiger partial charge in [0.05, 0.1) is 17.6 Å². The number of benzene rings is 2. The Morgan fingerprint density at radius 1 is 1.21 bits per heavy atom. The number of carbonyl (C=O) groups is 1. The third-order valence-corrected chi connectivity index (χ3v) is 14.9. The molecule has 0 bridgehead atoms. The lowest BCUT2D eigenvalue weighted by Crippen LogP contribution is -2.44. The Labute approximate surface area is 256 Å². The molecule has 2 aliphatic heterocycles. The molecule has 0 radical (unpaired) electrons. The van der Waals surface area contributed by atoms with Crippen molar-refractivity contribution in [2.45, 2.75) is 75.7 Å². The molecule has 1 amide bonds. The van der Waals surface area contributed by atoms with Crippen molar-refractivity contribution in [2.75, 3.05) is 25.2 Å². The molecule has 1 saturated heterocycles. The predicted molar refractivity (Wildman–Crippen MR) is 166 cm³/mol. The topological polar surface area (TPSA) is 72.9 Å². The van der Waals surface area contributed by atoms with Crippen LogP contribution in [0.4, 0.5) is 9.52 Å². The van der Waals surface area contributed by atoms with Crippen LogP contribution in [0.25, 0.3) is 0 Å². The second-order valence-corrected chi connectivity index (χ2v) is 19.3. The fourth-order valence-corrected chi connectivity index (χ4v) is 8.09. The zero-order valence-corrected chi connectivity index (χ0v) is 27.2. The average Bonchev–Trinajstić information content (AvgIpc) is 3.22. The van der Waals surface area contributed by atoms with Crippen LogP contribution in [-0.4, -0.2) is 50.1 Å². The predicted octanol–water partition coefficient (Wildman–Crippen LogP) is 7.52.